The first kappa shape index (κ1) is 15.5. The van der Waals surface area contributed by atoms with Crippen molar-refractivity contribution in [1.82, 2.24) is 0 Å². The van der Waals surface area contributed by atoms with Crippen LogP contribution in [0.2, 0.25) is 18.1 Å². The Hall–Kier alpha value is 0.127. The third-order valence-electron chi connectivity index (χ3n) is 5.48. The molecule has 0 aromatic carbocycles. The van der Waals surface area contributed by atoms with Gasteiger partial charge in [-0.2, -0.15) is 0 Å². The summed E-state index contributed by atoms with van der Waals surface area (Å²) >= 11 is 0. The topological polar surface area (TPSA) is 43.4 Å². The lowest BCUT2D eigenvalue weighted by atomic mass is 10.2. The zero-order chi connectivity index (χ0) is 14.7. The van der Waals surface area contributed by atoms with E-state index in [1.54, 1.807) is 0 Å². The van der Waals surface area contributed by atoms with Crippen molar-refractivity contribution >= 4 is 18.2 Å². The van der Waals surface area contributed by atoms with Gasteiger partial charge in [-0.3, -0.25) is 0 Å². The fourth-order valence-corrected chi connectivity index (χ4v) is 5.84. The van der Waals surface area contributed by atoms with Gasteiger partial charge in [-0.25, -0.2) is 8.42 Å². The molecule has 19 heavy (non-hydrogen) atoms. The summed E-state index contributed by atoms with van der Waals surface area (Å²) in [4.78, 5) is 0. The monoisotopic (exact) mass is 304 g/mol. The number of hydrogen-bond acceptors (Lipinski definition) is 3. The van der Waals surface area contributed by atoms with E-state index in [2.05, 4.69) is 33.9 Å². The van der Waals surface area contributed by atoms with Gasteiger partial charge < -0.3 is 4.43 Å². The molecule has 2 fully saturated rings. The van der Waals surface area contributed by atoms with Crippen molar-refractivity contribution in [3.8, 4) is 0 Å². The minimum atomic E-state index is -3.02. The highest BCUT2D eigenvalue weighted by molar-refractivity contribution is 7.94. The lowest BCUT2D eigenvalue weighted by Gasteiger charge is -2.37. The quantitative estimate of drug-likeness (QED) is 0.730. The van der Waals surface area contributed by atoms with E-state index in [0.29, 0.717) is 6.61 Å². The first-order valence-electron chi connectivity index (χ1n) is 7.25. The largest absolute Gasteiger partial charge is 0.415 e. The zero-order valence-corrected chi connectivity index (χ0v) is 15.0. The lowest BCUT2D eigenvalue weighted by molar-refractivity contribution is 0.277. The highest BCUT2D eigenvalue weighted by Gasteiger charge is 2.65. The molecule has 0 aromatic heterocycles. The van der Waals surface area contributed by atoms with Gasteiger partial charge in [-0.1, -0.05) is 20.8 Å². The fraction of sp³-hybridized carbons (Fsp3) is 1.00. The molecule has 0 amide bonds. The Morgan fingerprint density at radius 3 is 1.89 bits per heavy atom. The highest BCUT2D eigenvalue weighted by atomic mass is 32.2. The van der Waals surface area contributed by atoms with Gasteiger partial charge in [-0.05, 0) is 50.7 Å². The van der Waals surface area contributed by atoms with Crippen LogP contribution in [0.4, 0.5) is 0 Å². The standard InChI is InChI=1S/C14H28O3SSi/c1-12(2,3)19(5,6)17-11-14(9-10-14)18(15,16)13(4)7-8-13/h7-11H2,1-6H3. The molecule has 0 atom stereocenters. The first-order valence-corrected chi connectivity index (χ1v) is 11.6. The van der Waals surface area contributed by atoms with Crippen LogP contribution in [0.5, 0.6) is 0 Å². The number of rotatable bonds is 5. The third-order valence-corrected chi connectivity index (χ3v) is 13.3. The van der Waals surface area contributed by atoms with Gasteiger partial charge in [0.25, 0.3) is 0 Å². The predicted octanol–water partition coefficient (Wildman–Crippen LogP) is 3.51. The molecule has 0 spiro atoms. The van der Waals surface area contributed by atoms with E-state index in [1.165, 1.54) is 0 Å². The summed E-state index contributed by atoms with van der Waals surface area (Å²) in [5, 5.41) is 0.135. The molecule has 0 radical (unpaired) electrons. The zero-order valence-electron chi connectivity index (χ0n) is 13.2. The normalized spacial score (nSPS) is 25.2. The molecule has 2 aliphatic rings. The SMILES string of the molecule is CC(C)(C)[Si](C)(C)OCC1(S(=O)(=O)C2(C)CC2)CC1. The molecular formula is C14H28O3SSi. The Labute approximate surface area is 119 Å². The summed E-state index contributed by atoms with van der Waals surface area (Å²) < 4.78 is 30.6. The molecule has 0 aromatic rings. The molecule has 2 aliphatic carbocycles. The van der Waals surface area contributed by atoms with Crippen LogP contribution in [-0.4, -0.2) is 32.8 Å². The van der Waals surface area contributed by atoms with Crippen molar-refractivity contribution in [3.05, 3.63) is 0 Å². The van der Waals surface area contributed by atoms with Crippen LogP contribution in [0, 0.1) is 0 Å². The van der Waals surface area contributed by atoms with Gasteiger partial charge in [0.05, 0.1) is 16.1 Å². The predicted molar refractivity (Wildman–Crippen MR) is 81.7 cm³/mol. The molecule has 5 heteroatoms. The van der Waals surface area contributed by atoms with Gasteiger partial charge in [0.2, 0.25) is 0 Å². The van der Waals surface area contributed by atoms with Gasteiger partial charge >= 0.3 is 0 Å². The second kappa shape index (κ2) is 4.07. The Kier molecular flexibility index (Phi) is 3.33. The maximum Gasteiger partial charge on any atom is 0.192 e. The fourth-order valence-electron chi connectivity index (χ4n) is 2.13. The van der Waals surface area contributed by atoms with Crippen LogP contribution < -0.4 is 0 Å². The molecule has 0 aliphatic heterocycles. The van der Waals surface area contributed by atoms with E-state index < -0.39 is 27.6 Å². The second-order valence-electron chi connectivity index (χ2n) is 8.19. The van der Waals surface area contributed by atoms with E-state index in [0.717, 1.165) is 25.7 Å². The number of sulfone groups is 1. The minimum Gasteiger partial charge on any atom is -0.415 e. The maximum absolute atomic E-state index is 12.7. The van der Waals surface area contributed by atoms with Crippen molar-refractivity contribution in [2.24, 2.45) is 0 Å². The summed E-state index contributed by atoms with van der Waals surface area (Å²) in [6.45, 7) is 13.3. The van der Waals surface area contributed by atoms with Gasteiger partial charge in [0, 0.05) is 0 Å². The lowest BCUT2D eigenvalue weighted by Crippen LogP contribution is -2.46. The number of hydrogen-bond donors (Lipinski definition) is 0. The van der Waals surface area contributed by atoms with Gasteiger partial charge in [0.15, 0.2) is 18.2 Å². The first-order chi connectivity index (χ1) is 8.37. The molecule has 2 saturated carbocycles. The van der Waals surface area contributed by atoms with Crippen LogP contribution >= 0.6 is 0 Å². The van der Waals surface area contributed by atoms with Crippen molar-refractivity contribution in [2.45, 2.75) is 81.0 Å². The van der Waals surface area contributed by atoms with Crippen LogP contribution in [-0.2, 0) is 14.3 Å². The molecule has 0 heterocycles. The Bertz CT molecular complexity index is 465. The van der Waals surface area contributed by atoms with E-state index in [4.69, 9.17) is 4.43 Å². The average molecular weight is 305 g/mol. The Balaban J connectivity index is 2.09. The van der Waals surface area contributed by atoms with Crippen LogP contribution in [0.3, 0.4) is 0 Å². The minimum absolute atomic E-state index is 0.135. The molecule has 0 bridgehead atoms. The average Bonchev–Trinajstić information content (AvgIpc) is 3.09. The van der Waals surface area contributed by atoms with Crippen molar-refractivity contribution in [1.29, 1.82) is 0 Å². The van der Waals surface area contributed by atoms with Crippen molar-refractivity contribution < 1.29 is 12.8 Å². The van der Waals surface area contributed by atoms with Crippen molar-refractivity contribution in [3.63, 3.8) is 0 Å². The molecule has 0 saturated heterocycles. The summed E-state index contributed by atoms with van der Waals surface area (Å²) in [7, 11) is -4.88. The molecule has 0 N–H and O–H groups in total. The summed E-state index contributed by atoms with van der Waals surface area (Å²) in [6, 6.07) is 0. The van der Waals surface area contributed by atoms with Gasteiger partial charge in [-0.15, -0.1) is 0 Å². The van der Waals surface area contributed by atoms with E-state index in [1.807, 2.05) is 6.92 Å². The van der Waals surface area contributed by atoms with E-state index >= 15 is 0 Å². The summed E-state index contributed by atoms with van der Waals surface area (Å²) in [5.74, 6) is 0. The molecule has 2 rings (SSSR count). The highest BCUT2D eigenvalue weighted by Crippen LogP contribution is 2.56. The van der Waals surface area contributed by atoms with Crippen LogP contribution in [0.25, 0.3) is 0 Å². The third kappa shape index (κ3) is 2.42. The Morgan fingerprint density at radius 1 is 1.11 bits per heavy atom. The summed E-state index contributed by atoms with van der Waals surface area (Å²) in [6.07, 6.45) is 3.24. The molecule has 0 unspecified atom stereocenters. The van der Waals surface area contributed by atoms with Crippen molar-refractivity contribution in [2.75, 3.05) is 6.61 Å². The van der Waals surface area contributed by atoms with E-state index in [-0.39, 0.29) is 5.04 Å². The second-order valence-corrected chi connectivity index (χ2v) is 15.9. The maximum atomic E-state index is 12.7. The molecule has 112 valence electrons. The molecular weight excluding hydrogens is 276 g/mol. The smallest absolute Gasteiger partial charge is 0.192 e. The van der Waals surface area contributed by atoms with E-state index in [9.17, 15) is 8.42 Å². The van der Waals surface area contributed by atoms with Crippen LogP contribution in [0.15, 0.2) is 0 Å². The molecule has 3 nitrogen and oxygen atoms in total. The van der Waals surface area contributed by atoms with Crippen LogP contribution in [0.1, 0.15) is 53.4 Å². The summed E-state index contributed by atoms with van der Waals surface area (Å²) in [5.41, 5.74) is 0. The van der Waals surface area contributed by atoms with Gasteiger partial charge in [0.1, 0.15) is 0 Å². The Morgan fingerprint density at radius 2 is 1.58 bits per heavy atom.